The number of aromatic hydroxyl groups is 1. The van der Waals surface area contributed by atoms with Gasteiger partial charge < -0.3 is 14.8 Å². The summed E-state index contributed by atoms with van der Waals surface area (Å²) in [5.74, 6) is 0.203. The van der Waals surface area contributed by atoms with Gasteiger partial charge in [0.1, 0.15) is 30.4 Å². The van der Waals surface area contributed by atoms with Crippen LogP contribution in [0.4, 0.5) is 0 Å². The Balaban J connectivity index is 3.01. The van der Waals surface area contributed by atoms with Crippen LogP contribution in [0, 0.1) is 0 Å². The third-order valence-electron chi connectivity index (χ3n) is 2.10. The van der Waals surface area contributed by atoms with Crippen LogP contribution < -0.4 is 0 Å². The van der Waals surface area contributed by atoms with E-state index in [1.807, 2.05) is 13.8 Å². The van der Waals surface area contributed by atoms with Crippen molar-refractivity contribution < 1.29 is 14.8 Å². The number of phenols is 1. The van der Waals surface area contributed by atoms with Crippen LogP contribution in [-0.2, 0) is 9.68 Å². The first-order valence-electron chi connectivity index (χ1n) is 5.85. The highest BCUT2D eigenvalue weighted by Crippen LogP contribution is 2.11. The summed E-state index contributed by atoms with van der Waals surface area (Å²) >= 11 is 0. The van der Waals surface area contributed by atoms with Crippen molar-refractivity contribution in [2.75, 3.05) is 13.2 Å². The standard InChI is InChI=1S/C13H18N2O3/c1-4-17-14-10(3)13(15-18-5-2)11-6-8-12(16)9-7-11/h6-9,16H,4-5H2,1-3H3/b14-10+,15-13-. The van der Waals surface area contributed by atoms with E-state index < -0.39 is 0 Å². The molecule has 0 fully saturated rings. The molecule has 0 radical (unpaired) electrons. The lowest BCUT2D eigenvalue weighted by Crippen LogP contribution is -2.13. The summed E-state index contributed by atoms with van der Waals surface area (Å²) in [7, 11) is 0. The Hall–Kier alpha value is -2.04. The van der Waals surface area contributed by atoms with Crippen LogP contribution in [0.1, 0.15) is 26.3 Å². The lowest BCUT2D eigenvalue weighted by atomic mass is 10.1. The van der Waals surface area contributed by atoms with Gasteiger partial charge in [-0.05, 0) is 45.0 Å². The second kappa shape index (κ2) is 7.32. The molecule has 0 aliphatic rings. The zero-order valence-electron chi connectivity index (χ0n) is 10.9. The van der Waals surface area contributed by atoms with E-state index in [0.717, 1.165) is 5.56 Å². The molecule has 0 saturated heterocycles. The average molecular weight is 250 g/mol. The van der Waals surface area contributed by atoms with Crippen molar-refractivity contribution in [2.24, 2.45) is 10.3 Å². The molecule has 1 N–H and O–H groups in total. The number of oxime groups is 2. The Morgan fingerprint density at radius 2 is 1.61 bits per heavy atom. The molecule has 0 heterocycles. The Morgan fingerprint density at radius 1 is 1.06 bits per heavy atom. The zero-order chi connectivity index (χ0) is 13.4. The fraction of sp³-hybridized carbons (Fsp3) is 0.385. The van der Waals surface area contributed by atoms with Gasteiger partial charge in [0.25, 0.3) is 0 Å². The molecule has 18 heavy (non-hydrogen) atoms. The van der Waals surface area contributed by atoms with Gasteiger partial charge in [0.2, 0.25) is 0 Å². The highest BCUT2D eigenvalue weighted by molar-refractivity contribution is 6.47. The van der Waals surface area contributed by atoms with Crippen LogP contribution in [0.25, 0.3) is 0 Å². The van der Waals surface area contributed by atoms with Crippen LogP contribution in [-0.4, -0.2) is 29.7 Å². The number of nitrogens with zero attached hydrogens (tertiary/aromatic N) is 2. The second-order valence-corrected chi connectivity index (χ2v) is 3.50. The van der Waals surface area contributed by atoms with Gasteiger partial charge in [-0.3, -0.25) is 0 Å². The number of hydrogen-bond acceptors (Lipinski definition) is 5. The molecule has 0 atom stereocenters. The van der Waals surface area contributed by atoms with Crippen molar-refractivity contribution in [1.29, 1.82) is 0 Å². The highest BCUT2D eigenvalue weighted by Gasteiger charge is 2.09. The van der Waals surface area contributed by atoms with Crippen molar-refractivity contribution in [1.82, 2.24) is 0 Å². The largest absolute Gasteiger partial charge is 0.508 e. The van der Waals surface area contributed by atoms with E-state index in [9.17, 15) is 5.11 Å². The van der Waals surface area contributed by atoms with Crippen molar-refractivity contribution in [3.8, 4) is 5.75 Å². The van der Waals surface area contributed by atoms with Gasteiger partial charge in [-0.25, -0.2) is 0 Å². The van der Waals surface area contributed by atoms with Crippen molar-refractivity contribution in [3.05, 3.63) is 29.8 Å². The van der Waals surface area contributed by atoms with Crippen molar-refractivity contribution in [2.45, 2.75) is 20.8 Å². The van der Waals surface area contributed by atoms with E-state index in [-0.39, 0.29) is 5.75 Å². The summed E-state index contributed by atoms with van der Waals surface area (Å²) in [4.78, 5) is 10.1. The summed E-state index contributed by atoms with van der Waals surface area (Å²) in [5, 5.41) is 17.2. The quantitative estimate of drug-likeness (QED) is 0.623. The molecule has 0 bridgehead atoms. The third kappa shape index (κ3) is 4.08. The Labute approximate surface area is 107 Å². The van der Waals surface area contributed by atoms with Gasteiger partial charge in [0.15, 0.2) is 0 Å². The van der Waals surface area contributed by atoms with E-state index in [2.05, 4.69) is 10.3 Å². The molecule has 1 aromatic rings. The first-order chi connectivity index (χ1) is 8.69. The molecule has 0 saturated carbocycles. The molecule has 0 unspecified atom stereocenters. The maximum atomic E-state index is 9.27. The molecule has 0 aliphatic heterocycles. The molecule has 0 spiro atoms. The van der Waals surface area contributed by atoms with Gasteiger partial charge in [-0.1, -0.05) is 10.3 Å². The SMILES string of the molecule is CCO/N=C(C)/C(=N/OCC)c1ccc(O)cc1. The predicted molar refractivity (Wildman–Crippen MR) is 71.0 cm³/mol. The maximum Gasteiger partial charge on any atom is 0.134 e. The smallest absolute Gasteiger partial charge is 0.134 e. The molecule has 1 rings (SSSR count). The summed E-state index contributed by atoms with van der Waals surface area (Å²) in [6, 6.07) is 6.67. The minimum atomic E-state index is 0.203. The van der Waals surface area contributed by atoms with Crippen molar-refractivity contribution in [3.63, 3.8) is 0 Å². The molecule has 5 nitrogen and oxygen atoms in total. The van der Waals surface area contributed by atoms with Crippen LogP contribution in [0.3, 0.4) is 0 Å². The fourth-order valence-electron chi connectivity index (χ4n) is 1.28. The number of hydrogen-bond donors (Lipinski definition) is 1. The molecule has 0 aromatic heterocycles. The zero-order valence-corrected chi connectivity index (χ0v) is 10.9. The topological polar surface area (TPSA) is 63.4 Å². The highest BCUT2D eigenvalue weighted by atomic mass is 16.6. The molecular formula is C13H18N2O3. The Morgan fingerprint density at radius 3 is 2.17 bits per heavy atom. The van der Waals surface area contributed by atoms with Gasteiger partial charge in [0, 0.05) is 5.56 Å². The van der Waals surface area contributed by atoms with Gasteiger partial charge in [-0.15, -0.1) is 0 Å². The maximum absolute atomic E-state index is 9.27. The normalized spacial score (nSPS) is 12.4. The Kier molecular flexibility index (Phi) is 5.70. The molecule has 1 aromatic carbocycles. The molecule has 98 valence electrons. The summed E-state index contributed by atoms with van der Waals surface area (Å²) in [6.07, 6.45) is 0. The number of benzene rings is 1. The van der Waals surface area contributed by atoms with Crippen LogP contribution in [0.15, 0.2) is 34.6 Å². The summed E-state index contributed by atoms with van der Waals surface area (Å²) in [5.41, 5.74) is 2.02. The van der Waals surface area contributed by atoms with E-state index in [4.69, 9.17) is 9.68 Å². The molecular weight excluding hydrogens is 232 g/mol. The van der Waals surface area contributed by atoms with Gasteiger partial charge in [-0.2, -0.15) is 0 Å². The minimum absolute atomic E-state index is 0.203. The summed E-state index contributed by atoms with van der Waals surface area (Å²) in [6.45, 7) is 6.47. The van der Waals surface area contributed by atoms with Gasteiger partial charge >= 0.3 is 0 Å². The van der Waals surface area contributed by atoms with E-state index in [0.29, 0.717) is 24.6 Å². The first kappa shape index (κ1) is 14.0. The number of rotatable bonds is 6. The van der Waals surface area contributed by atoms with E-state index >= 15 is 0 Å². The lowest BCUT2D eigenvalue weighted by molar-refractivity contribution is 0.155. The van der Waals surface area contributed by atoms with Crippen molar-refractivity contribution >= 4 is 11.4 Å². The van der Waals surface area contributed by atoms with E-state index in [1.165, 1.54) is 0 Å². The van der Waals surface area contributed by atoms with Crippen LogP contribution >= 0.6 is 0 Å². The monoisotopic (exact) mass is 250 g/mol. The fourth-order valence-corrected chi connectivity index (χ4v) is 1.28. The van der Waals surface area contributed by atoms with E-state index in [1.54, 1.807) is 31.2 Å². The lowest BCUT2D eigenvalue weighted by Gasteiger charge is -2.06. The first-order valence-corrected chi connectivity index (χ1v) is 5.85. The Bertz CT molecular complexity index is 424. The molecule has 5 heteroatoms. The van der Waals surface area contributed by atoms with Crippen LogP contribution in [0.2, 0.25) is 0 Å². The average Bonchev–Trinajstić information content (AvgIpc) is 2.38. The molecule has 0 amide bonds. The minimum Gasteiger partial charge on any atom is -0.508 e. The summed E-state index contributed by atoms with van der Waals surface area (Å²) < 4.78 is 0. The predicted octanol–water partition coefficient (Wildman–Crippen LogP) is 2.55. The van der Waals surface area contributed by atoms with Gasteiger partial charge in [0.05, 0.1) is 0 Å². The van der Waals surface area contributed by atoms with Crippen LogP contribution in [0.5, 0.6) is 5.75 Å². The molecule has 0 aliphatic carbocycles. The second-order valence-electron chi connectivity index (χ2n) is 3.50. The third-order valence-corrected chi connectivity index (χ3v) is 2.10. The number of phenolic OH excluding ortho intramolecular Hbond substituents is 1.